The van der Waals surface area contributed by atoms with Crippen molar-refractivity contribution in [2.45, 2.75) is 62.3 Å². The van der Waals surface area contributed by atoms with Gasteiger partial charge in [-0.1, -0.05) is 20.8 Å². The summed E-state index contributed by atoms with van der Waals surface area (Å²) in [6, 6.07) is 8.47. The van der Waals surface area contributed by atoms with Gasteiger partial charge in [-0.05, 0) is 37.0 Å². The maximum Gasteiger partial charge on any atom is 0.232 e. The van der Waals surface area contributed by atoms with Crippen molar-refractivity contribution in [3.05, 3.63) is 48.0 Å². The van der Waals surface area contributed by atoms with Gasteiger partial charge in [-0.2, -0.15) is 0 Å². The molecule has 0 aliphatic carbocycles. The van der Waals surface area contributed by atoms with Crippen LogP contribution in [-0.4, -0.2) is 38.3 Å². The van der Waals surface area contributed by atoms with Crippen molar-refractivity contribution in [3.8, 4) is 0 Å². The van der Waals surface area contributed by atoms with Crippen molar-refractivity contribution in [3.63, 3.8) is 0 Å². The van der Waals surface area contributed by atoms with Crippen molar-refractivity contribution in [1.82, 2.24) is 9.55 Å². The van der Waals surface area contributed by atoms with Crippen LogP contribution in [0.1, 0.15) is 45.1 Å². The molecule has 1 aliphatic heterocycles. The number of benzene rings is 1. The van der Waals surface area contributed by atoms with Crippen molar-refractivity contribution in [1.29, 1.82) is 0 Å². The predicted molar refractivity (Wildman–Crippen MR) is 121 cm³/mol. The summed E-state index contributed by atoms with van der Waals surface area (Å²) in [6.07, 6.45) is 3.68. The lowest BCUT2D eigenvalue weighted by molar-refractivity contribution is -0.889. The molecule has 0 unspecified atom stereocenters. The minimum atomic E-state index is -3.68. The molecule has 0 atom stereocenters. The molecule has 1 aliphatic rings. The van der Waals surface area contributed by atoms with Crippen LogP contribution >= 0.6 is 0 Å². The highest BCUT2D eigenvalue weighted by molar-refractivity contribution is 7.91. The smallest absolute Gasteiger partial charge is 0.232 e. The highest BCUT2D eigenvalue weighted by Crippen LogP contribution is 2.31. The molecule has 8 heteroatoms. The van der Waals surface area contributed by atoms with Gasteiger partial charge in [-0.25, -0.2) is 13.4 Å². The molecule has 1 saturated heterocycles. The molecular weight excluding hydrogens is 426 g/mol. The lowest BCUT2D eigenvalue weighted by Crippen LogP contribution is -2.43. The Labute approximate surface area is 189 Å². The van der Waals surface area contributed by atoms with E-state index in [1.54, 1.807) is 44.5 Å². The molecule has 32 heavy (non-hydrogen) atoms. The number of fused-ring (bicyclic) bond motifs is 1. The minimum absolute atomic E-state index is 0.159. The maximum atomic E-state index is 13.3. The lowest BCUT2D eigenvalue weighted by Gasteiger charge is -2.26. The number of imidazole rings is 1. The number of aromatic nitrogens is 3. The third-order valence-corrected chi connectivity index (χ3v) is 7.81. The Balaban J connectivity index is 1.78. The summed E-state index contributed by atoms with van der Waals surface area (Å²) in [7, 11) is -2.14. The summed E-state index contributed by atoms with van der Waals surface area (Å²) < 4.78 is 36.0. The molecular formula is C24H32N3O4S+. The molecule has 1 aromatic carbocycles. The summed E-state index contributed by atoms with van der Waals surface area (Å²) in [5.41, 5.74) is 2.22. The van der Waals surface area contributed by atoms with E-state index in [0.29, 0.717) is 17.1 Å². The van der Waals surface area contributed by atoms with Crippen LogP contribution < -0.4 is 9.57 Å². The van der Waals surface area contributed by atoms with Gasteiger partial charge < -0.3 is 9.30 Å². The molecule has 4 rings (SSSR count). The van der Waals surface area contributed by atoms with Crippen molar-refractivity contribution in [2.24, 2.45) is 5.92 Å². The van der Waals surface area contributed by atoms with Crippen LogP contribution in [0.5, 0.6) is 0 Å². The van der Waals surface area contributed by atoms with Gasteiger partial charge in [-0.3, -0.25) is 4.84 Å². The average molecular weight is 459 g/mol. The van der Waals surface area contributed by atoms with Crippen LogP contribution in [-0.2, 0) is 26.5 Å². The van der Waals surface area contributed by atoms with E-state index in [2.05, 4.69) is 25.3 Å². The second-order valence-electron chi connectivity index (χ2n) is 9.52. The van der Waals surface area contributed by atoms with Gasteiger partial charge in [0.05, 0.1) is 20.8 Å². The van der Waals surface area contributed by atoms with E-state index in [9.17, 15) is 8.42 Å². The number of aryl methyl sites for hydroxylation is 1. The first-order valence-electron chi connectivity index (χ1n) is 11.0. The van der Waals surface area contributed by atoms with E-state index in [1.807, 2.05) is 6.07 Å². The number of ether oxygens (including phenoxy) is 1. The Bertz CT molecular complexity index is 1240. The molecule has 0 radical (unpaired) electrons. The van der Waals surface area contributed by atoms with E-state index in [0.717, 1.165) is 43.9 Å². The van der Waals surface area contributed by atoms with E-state index in [4.69, 9.17) is 14.6 Å². The number of pyridine rings is 1. The van der Waals surface area contributed by atoms with Gasteiger partial charge in [0.15, 0.2) is 0 Å². The monoisotopic (exact) mass is 458 g/mol. The molecule has 1 fully saturated rings. The highest BCUT2D eigenvalue weighted by Gasteiger charge is 2.27. The van der Waals surface area contributed by atoms with Crippen LogP contribution in [0.3, 0.4) is 0 Å². The predicted octanol–water partition coefficient (Wildman–Crippen LogP) is 3.25. The normalized spacial score (nSPS) is 15.9. The zero-order valence-electron chi connectivity index (χ0n) is 19.5. The summed E-state index contributed by atoms with van der Waals surface area (Å²) in [6.45, 7) is 10.7. The van der Waals surface area contributed by atoms with Gasteiger partial charge >= 0.3 is 0 Å². The molecule has 0 bridgehead atoms. The molecule has 0 amide bonds. The molecule has 3 aromatic rings. The first kappa shape index (κ1) is 22.7. The molecule has 2 aromatic heterocycles. The number of sulfone groups is 1. The second-order valence-corrected chi connectivity index (χ2v) is 11.5. The minimum Gasteiger partial charge on any atom is -0.381 e. The van der Waals surface area contributed by atoms with Gasteiger partial charge in [0.25, 0.3) is 0 Å². The summed E-state index contributed by atoms with van der Waals surface area (Å²) in [5.74, 6) is 1.51. The van der Waals surface area contributed by atoms with E-state index >= 15 is 0 Å². The highest BCUT2D eigenvalue weighted by atomic mass is 32.2. The first-order chi connectivity index (χ1) is 15.1. The average Bonchev–Trinajstić information content (AvgIpc) is 3.12. The third kappa shape index (κ3) is 4.26. The number of nitrogens with zero attached hydrogens (tertiary/aromatic N) is 3. The Hall–Kier alpha value is -2.45. The SMILES string of the molecule is CO[n+]1ccc(S(=O)(=O)c2ccc3c(c2)nc(C(C)(C)C)n3CC2CCOCC2)cc1C. The molecule has 3 heterocycles. The fraction of sp³-hybridized carbons (Fsp3) is 0.500. The summed E-state index contributed by atoms with van der Waals surface area (Å²) in [5, 5.41) is 0. The fourth-order valence-corrected chi connectivity index (χ4v) is 5.66. The van der Waals surface area contributed by atoms with Crippen LogP contribution in [0.15, 0.2) is 46.3 Å². The molecule has 0 saturated carbocycles. The fourth-order valence-electron chi connectivity index (χ4n) is 4.31. The number of hydrogen-bond acceptors (Lipinski definition) is 5. The number of rotatable bonds is 5. The van der Waals surface area contributed by atoms with Gasteiger partial charge in [0.1, 0.15) is 12.9 Å². The van der Waals surface area contributed by atoms with E-state index in [-0.39, 0.29) is 15.2 Å². The Morgan fingerprint density at radius 1 is 1.16 bits per heavy atom. The summed E-state index contributed by atoms with van der Waals surface area (Å²) >= 11 is 0. The molecule has 0 spiro atoms. The maximum absolute atomic E-state index is 13.3. The van der Waals surface area contributed by atoms with Crippen LogP contribution in [0.25, 0.3) is 11.0 Å². The van der Waals surface area contributed by atoms with Gasteiger partial charge in [-0.15, -0.1) is 0 Å². The zero-order chi connectivity index (χ0) is 23.1. The largest absolute Gasteiger partial charge is 0.381 e. The molecule has 0 N–H and O–H groups in total. The Morgan fingerprint density at radius 2 is 1.84 bits per heavy atom. The zero-order valence-corrected chi connectivity index (χ0v) is 20.3. The quantitative estimate of drug-likeness (QED) is 0.549. The van der Waals surface area contributed by atoms with Crippen LogP contribution in [0.4, 0.5) is 0 Å². The van der Waals surface area contributed by atoms with Crippen LogP contribution in [0, 0.1) is 12.8 Å². The lowest BCUT2D eigenvalue weighted by atomic mass is 9.94. The van der Waals surface area contributed by atoms with Crippen LogP contribution in [0.2, 0.25) is 0 Å². The molecule has 7 nitrogen and oxygen atoms in total. The third-order valence-electron chi connectivity index (χ3n) is 6.06. The second kappa shape index (κ2) is 8.48. The topological polar surface area (TPSA) is 74.3 Å². The Morgan fingerprint density at radius 3 is 2.47 bits per heavy atom. The number of hydrogen-bond donors (Lipinski definition) is 0. The van der Waals surface area contributed by atoms with Crippen molar-refractivity contribution in [2.75, 3.05) is 20.3 Å². The van der Waals surface area contributed by atoms with E-state index < -0.39 is 9.84 Å². The molecule has 172 valence electrons. The van der Waals surface area contributed by atoms with Gasteiger partial charge in [0.2, 0.25) is 21.7 Å². The van der Waals surface area contributed by atoms with Crippen molar-refractivity contribution >= 4 is 20.9 Å². The summed E-state index contributed by atoms with van der Waals surface area (Å²) in [4.78, 5) is 10.6. The Kier molecular flexibility index (Phi) is 6.02. The van der Waals surface area contributed by atoms with Gasteiger partial charge in [0, 0.05) is 49.0 Å². The van der Waals surface area contributed by atoms with E-state index in [1.165, 1.54) is 4.73 Å². The standard InChI is InChI=1S/C24H32N3O4S/c1-17-14-20(8-11-27(17)30-5)32(28,29)19-6-7-22-21(15-19)25-23(24(2,3)4)26(22)16-18-9-12-31-13-10-18/h6-8,11,14-15,18H,9-10,12-13,16H2,1-5H3/q+1. The first-order valence-corrected chi connectivity index (χ1v) is 12.5. The van der Waals surface area contributed by atoms with Crippen molar-refractivity contribution < 1.29 is 22.7 Å².